The Bertz CT molecular complexity index is 553. The molecule has 17 heavy (non-hydrogen) atoms. The second-order valence-corrected chi connectivity index (χ2v) is 2.75. The molecule has 0 atom stereocenters. The fourth-order valence-electron chi connectivity index (χ4n) is 1.12. The quantitative estimate of drug-likeness (QED) is 0.454. The highest BCUT2D eigenvalue weighted by atomic mass is 19.1. The first-order valence-electron chi connectivity index (χ1n) is 3.95. The smallest absolute Gasteiger partial charge is 0.288 e. The van der Waals surface area contributed by atoms with Crippen LogP contribution in [0.5, 0.6) is 0 Å². The number of nitro groups is 1. The summed E-state index contributed by atoms with van der Waals surface area (Å²) in [4.78, 5) is 20.0. The molecule has 1 rings (SSSR count). The molecular weight excluding hydrogens is 240 g/mol. The molecule has 0 saturated carbocycles. The highest BCUT2D eigenvalue weighted by Crippen LogP contribution is 2.27. The van der Waals surface area contributed by atoms with Crippen molar-refractivity contribution in [3.63, 3.8) is 0 Å². The van der Waals surface area contributed by atoms with Crippen LogP contribution in [-0.2, 0) is 0 Å². The number of benzene rings is 1. The number of nitro benzene ring substituents is 1. The van der Waals surface area contributed by atoms with E-state index in [1.165, 1.54) is 0 Å². The Morgan fingerprint density at radius 3 is 2.59 bits per heavy atom. The zero-order valence-corrected chi connectivity index (χ0v) is 7.90. The van der Waals surface area contributed by atoms with E-state index in [9.17, 15) is 23.7 Å². The van der Waals surface area contributed by atoms with E-state index in [2.05, 4.69) is 0 Å². The number of nitrogens with one attached hydrogen (secondary N) is 1. The van der Waals surface area contributed by atoms with Gasteiger partial charge in [0.05, 0.1) is 10.5 Å². The molecule has 2 N–H and O–H groups in total. The lowest BCUT2D eigenvalue weighted by Gasteiger charge is -2.03. The third-order valence-corrected chi connectivity index (χ3v) is 1.83. The van der Waals surface area contributed by atoms with Gasteiger partial charge in [0.1, 0.15) is 11.9 Å². The molecule has 1 aromatic carbocycles. The van der Waals surface area contributed by atoms with Gasteiger partial charge in [-0.2, -0.15) is 9.65 Å². The number of rotatable bonds is 2. The van der Waals surface area contributed by atoms with Crippen molar-refractivity contribution in [1.29, 1.82) is 5.26 Å². The van der Waals surface area contributed by atoms with Gasteiger partial charge in [-0.05, 0) is 6.07 Å². The minimum atomic E-state index is -1.69. The van der Waals surface area contributed by atoms with Gasteiger partial charge in [0.25, 0.3) is 5.91 Å². The molecule has 0 aliphatic carbocycles. The van der Waals surface area contributed by atoms with E-state index in [0.29, 0.717) is 0 Å². The molecule has 0 saturated heterocycles. The maximum absolute atomic E-state index is 13.5. The summed E-state index contributed by atoms with van der Waals surface area (Å²) in [5.74, 6) is -4.59. The molecule has 1 amide bonds. The van der Waals surface area contributed by atoms with Crippen molar-refractivity contribution in [2.45, 2.75) is 0 Å². The van der Waals surface area contributed by atoms with Crippen LogP contribution in [0.4, 0.5) is 14.5 Å². The summed E-state index contributed by atoms with van der Waals surface area (Å²) >= 11 is 0. The number of hydrogen-bond donors (Lipinski definition) is 2. The number of nitrogens with zero attached hydrogens (tertiary/aromatic N) is 2. The van der Waals surface area contributed by atoms with Crippen molar-refractivity contribution in [2.75, 3.05) is 0 Å². The van der Waals surface area contributed by atoms with Crippen molar-refractivity contribution in [3.05, 3.63) is 38.9 Å². The van der Waals surface area contributed by atoms with Crippen LogP contribution in [0.3, 0.4) is 0 Å². The number of halogens is 2. The summed E-state index contributed by atoms with van der Waals surface area (Å²) in [7, 11) is 0. The van der Waals surface area contributed by atoms with Gasteiger partial charge in [-0.3, -0.25) is 20.1 Å². The third kappa shape index (κ3) is 2.01. The lowest BCUT2D eigenvalue weighted by molar-refractivity contribution is -0.388. The summed E-state index contributed by atoms with van der Waals surface area (Å²) in [6.07, 6.45) is 0. The van der Waals surface area contributed by atoms with Crippen LogP contribution in [0.1, 0.15) is 15.9 Å². The number of hydrogen-bond acceptors (Lipinski definition) is 5. The van der Waals surface area contributed by atoms with E-state index >= 15 is 0 Å². The highest BCUT2D eigenvalue weighted by Gasteiger charge is 2.30. The van der Waals surface area contributed by atoms with E-state index in [4.69, 9.17) is 10.5 Å². The first-order chi connectivity index (χ1) is 7.93. The van der Waals surface area contributed by atoms with Crippen LogP contribution in [-0.4, -0.2) is 16.0 Å². The van der Waals surface area contributed by atoms with Crippen LogP contribution in [0.2, 0.25) is 0 Å². The Morgan fingerprint density at radius 1 is 1.59 bits per heavy atom. The monoisotopic (exact) mass is 243 g/mol. The normalized spacial score (nSPS) is 9.53. The molecule has 0 aliphatic heterocycles. The molecule has 0 heterocycles. The average Bonchev–Trinajstić information content (AvgIpc) is 2.29. The number of amides is 1. The summed E-state index contributed by atoms with van der Waals surface area (Å²) in [5, 5.41) is 27.2. The molecule has 7 nitrogen and oxygen atoms in total. The van der Waals surface area contributed by atoms with E-state index in [-0.39, 0.29) is 6.07 Å². The summed E-state index contributed by atoms with van der Waals surface area (Å²) in [5.41, 5.74) is -2.65. The fraction of sp³-hybridized carbons (Fsp3) is 0. The molecule has 0 unspecified atom stereocenters. The molecule has 0 aliphatic rings. The van der Waals surface area contributed by atoms with Crippen LogP contribution in [0, 0.1) is 33.1 Å². The average molecular weight is 243 g/mol. The molecule has 0 bridgehead atoms. The number of nitriles is 1. The maximum atomic E-state index is 13.5. The van der Waals surface area contributed by atoms with Crippen LogP contribution < -0.4 is 5.48 Å². The number of hydroxylamine groups is 1. The third-order valence-electron chi connectivity index (χ3n) is 1.83. The predicted octanol–water partition coefficient (Wildman–Crippen LogP) is 0.864. The molecule has 88 valence electrons. The Labute approximate surface area is 92.0 Å². The lowest BCUT2D eigenvalue weighted by Crippen LogP contribution is -2.21. The Morgan fingerprint density at radius 2 is 2.18 bits per heavy atom. The van der Waals surface area contributed by atoms with Crippen LogP contribution in [0.25, 0.3) is 0 Å². The van der Waals surface area contributed by atoms with Crippen molar-refractivity contribution in [3.8, 4) is 6.07 Å². The van der Waals surface area contributed by atoms with Crippen molar-refractivity contribution in [1.82, 2.24) is 5.48 Å². The van der Waals surface area contributed by atoms with Crippen molar-refractivity contribution >= 4 is 11.6 Å². The highest BCUT2D eigenvalue weighted by molar-refractivity contribution is 5.94. The largest absolute Gasteiger partial charge is 0.326 e. The van der Waals surface area contributed by atoms with Gasteiger partial charge in [0.2, 0.25) is 5.82 Å². The lowest BCUT2D eigenvalue weighted by atomic mass is 10.1. The summed E-state index contributed by atoms with van der Waals surface area (Å²) < 4.78 is 26.6. The second-order valence-electron chi connectivity index (χ2n) is 2.75. The van der Waals surface area contributed by atoms with Gasteiger partial charge >= 0.3 is 5.69 Å². The molecule has 9 heteroatoms. The number of carbonyl (C=O) groups excluding carboxylic acids is 1. The summed E-state index contributed by atoms with van der Waals surface area (Å²) in [6.45, 7) is 0. The van der Waals surface area contributed by atoms with Gasteiger partial charge < -0.3 is 0 Å². The Kier molecular flexibility index (Phi) is 3.30. The second kappa shape index (κ2) is 4.50. The standard InChI is InChI=1S/C8H3F2N3O4/c9-5-1-3(8(14)12-15)6(10)7(13(16)17)4(5)2-11/h1,15H,(H,12,14). The van der Waals surface area contributed by atoms with Crippen molar-refractivity contribution in [2.24, 2.45) is 0 Å². The molecule has 0 fully saturated rings. The van der Waals surface area contributed by atoms with Crippen LogP contribution >= 0.6 is 0 Å². The van der Waals surface area contributed by atoms with Gasteiger partial charge in [-0.15, -0.1) is 0 Å². The topological polar surface area (TPSA) is 116 Å². The minimum Gasteiger partial charge on any atom is -0.288 e. The fourth-order valence-corrected chi connectivity index (χ4v) is 1.12. The first-order valence-corrected chi connectivity index (χ1v) is 3.95. The first kappa shape index (κ1) is 12.5. The molecule has 1 aromatic rings. The maximum Gasteiger partial charge on any atom is 0.326 e. The van der Waals surface area contributed by atoms with Gasteiger partial charge in [0.15, 0.2) is 5.56 Å². The van der Waals surface area contributed by atoms with Crippen LogP contribution in [0.15, 0.2) is 6.07 Å². The Balaban J connectivity index is 3.67. The molecule has 0 aromatic heterocycles. The molecular formula is C8H3F2N3O4. The minimum absolute atomic E-state index is 0.284. The van der Waals surface area contributed by atoms with Gasteiger partial charge in [-0.1, -0.05) is 0 Å². The van der Waals surface area contributed by atoms with E-state index in [1.807, 2.05) is 0 Å². The van der Waals surface area contributed by atoms with E-state index < -0.39 is 39.3 Å². The van der Waals surface area contributed by atoms with Gasteiger partial charge in [0, 0.05) is 0 Å². The molecule has 0 spiro atoms. The summed E-state index contributed by atoms with van der Waals surface area (Å²) in [6, 6.07) is 1.40. The Hall–Kier alpha value is -2.60. The van der Waals surface area contributed by atoms with Gasteiger partial charge in [-0.25, -0.2) is 9.87 Å². The SMILES string of the molecule is N#Cc1c(F)cc(C(=O)NO)c(F)c1[N+](=O)[O-]. The van der Waals surface area contributed by atoms with Crippen molar-refractivity contribution < 1.29 is 23.7 Å². The number of carbonyl (C=O) groups is 1. The zero-order chi connectivity index (χ0) is 13.2. The van der Waals surface area contributed by atoms with E-state index in [1.54, 1.807) is 0 Å². The molecule has 0 radical (unpaired) electrons. The zero-order valence-electron chi connectivity index (χ0n) is 7.90. The van der Waals surface area contributed by atoms with E-state index in [0.717, 1.165) is 11.5 Å². The predicted molar refractivity (Wildman–Crippen MR) is 47.0 cm³/mol.